The van der Waals surface area contributed by atoms with Crippen molar-refractivity contribution in [3.8, 4) is 0 Å². The van der Waals surface area contributed by atoms with Crippen LogP contribution in [-0.4, -0.2) is 42.5 Å². The van der Waals surface area contributed by atoms with E-state index in [1.807, 2.05) is 13.0 Å². The smallest absolute Gasteiger partial charge is 0.320 e. The summed E-state index contributed by atoms with van der Waals surface area (Å²) in [5.41, 5.74) is 0.656. The van der Waals surface area contributed by atoms with Crippen LogP contribution in [0.3, 0.4) is 0 Å². The molecular weight excluding hydrogens is 298 g/mol. The number of benzene rings is 1. The second-order valence-corrected chi connectivity index (χ2v) is 5.09. The molecule has 0 aromatic heterocycles. The molecule has 1 aromatic carbocycles. The van der Waals surface area contributed by atoms with Crippen LogP contribution in [0.5, 0.6) is 0 Å². The quantitative estimate of drug-likeness (QED) is 0.528. The molecule has 0 heterocycles. The maximum Gasteiger partial charge on any atom is 0.320 e. The molecular formula is C16H23N3O4. The second kappa shape index (κ2) is 9.58. The SMILES string of the molecule is CCCC(NCC(=O)NC(C(=O)NC)c1ccccc1)C(=O)O. The van der Waals surface area contributed by atoms with Gasteiger partial charge in [0.1, 0.15) is 12.1 Å². The molecule has 23 heavy (non-hydrogen) atoms. The number of likely N-dealkylation sites (N-methyl/N-ethyl adjacent to an activating group) is 1. The molecule has 7 heteroatoms. The molecule has 2 unspecified atom stereocenters. The van der Waals surface area contributed by atoms with Crippen LogP contribution in [0.4, 0.5) is 0 Å². The highest BCUT2D eigenvalue weighted by Gasteiger charge is 2.22. The zero-order chi connectivity index (χ0) is 17.2. The van der Waals surface area contributed by atoms with Gasteiger partial charge in [-0.25, -0.2) is 0 Å². The third kappa shape index (κ3) is 6.07. The van der Waals surface area contributed by atoms with Gasteiger partial charge in [0, 0.05) is 7.05 Å². The van der Waals surface area contributed by atoms with Crippen LogP contribution in [0.25, 0.3) is 0 Å². The van der Waals surface area contributed by atoms with E-state index in [-0.39, 0.29) is 12.5 Å². The number of rotatable bonds is 9. The highest BCUT2D eigenvalue weighted by Crippen LogP contribution is 2.12. The summed E-state index contributed by atoms with van der Waals surface area (Å²) < 4.78 is 0. The Kier molecular flexibility index (Phi) is 7.76. The molecule has 2 atom stereocenters. The number of hydrogen-bond acceptors (Lipinski definition) is 4. The number of amides is 2. The summed E-state index contributed by atoms with van der Waals surface area (Å²) in [6.07, 6.45) is 1.12. The molecule has 0 bridgehead atoms. The minimum Gasteiger partial charge on any atom is -0.480 e. The molecule has 0 aliphatic rings. The van der Waals surface area contributed by atoms with Gasteiger partial charge >= 0.3 is 5.97 Å². The number of carboxylic acids is 1. The molecule has 0 spiro atoms. The monoisotopic (exact) mass is 321 g/mol. The summed E-state index contributed by atoms with van der Waals surface area (Å²) in [5, 5.41) is 16.9. The molecule has 1 aromatic rings. The molecule has 126 valence electrons. The Bertz CT molecular complexity index is 533. The average Bonchev–Trinajstić information content (AvgIpc) is 2.56. The standard InChI is InChI=1S/C16H23N3O4/c1-3-7-12(16(22)23)18-10-13(20)19-14(15(21)17-2)11-8-5-4-6-9-11/h4-6,8-9,12,14,18H,3,7,10H2,1-2H3,(H,17,21)(H,19,20)(H,22,23). The van der Waals surface area contributed by atoms with E-state index in [1.165, 1.54) is 7.05 Å². The van der Waals surface area contributed by atoms with Gasteiger partial charge in [-0.15, -0.1) is 0 Å². The molecule has 0 saturated carbocycles. The number of carbonyl (C=O) groups is 3. The molecule has 0 fully saturated rings. The summed E-state index contributed by atoms with van der Waals surface area (Å²) >= 11 is 0. The van der Waals surface area contributed by atoms with Crippen molar-refractivity contribution in [2.24, 2.45) is 0 Å². The lowest BCUT2D eigenvalue weighted by Crippen LogP contribution is -2.46. The predicted molar refractivity (Wildman–Crippen MR) is 85.7 cm³/mol. The van der Waals surface area contributed by atoms with Crippen LogP contribution in [0.1, 0.15) is 31.4 Å². The summed E-state index contributed by atoms with van der Waals surface area (Å²) in [6, 6.07) is 7.26. The first-order chi connectivity index (χ1) is 11.0. The third-order valence-electron chi connectivity index (χ3n) is 3.33. The predicted octanol–water partition coefficient (Wildman–Crippen LogP) is 0.433. The third-order valence-corrected chi connectivity index (χ3v) is 3.33. The van der Waals surface area contributed by atoms with Crippen molar-refractivity contribution in [1.29, 1.82) is 0 Å². The van der Waals surface area contributed by atoms with Crippen molar-refractivity contribution in [2.75, 3.05) is 13.6 Å². The van der Waals surface area contributed by atoms with Gasteiger partial charge in [0.15, 0.2) is 0 Å². The number of hydrogen-bond donors (Lipinski definition) is 4. The fourth-order valence-corrected chi connectivity index (χ4v) is 2.12. The largest absolute Gasteiger partial charge is 0.480 e. The molecule has 0 aliphatic carbocycles. The maximum atomic E-state index is 12.0. The van der Waals surface area contributed by atoms with Crippen LogP contribution in [0.2, 0.25) is 0 Å². The van der Waals surface area contributed by atoms with E-state index in [1.54, 1.807) is 24.3 Å². The highest BCUT2D eigenvalue weighted by atomic mass is 16.4. The zero-order valence-electron chi connectivity index (χ0n) is 13.3. The van der Waals surface area contributed by atoms with Crippen molar-refractivity contribution < 1.29 is 19.5 Å². The van der Waals surface area contributed by atoms with Gasteiger partial charge in [-0.2, -0.15) is 0 Å². The van der Waals surface area contributed by atoms with E-state index < -0.39 is 24.0 Å². The van der Waals surface area contributed by atoms with Crippen LogP contribution in [0, 0.1) is 0 Å². The van der Waals surface area contributed by atoms with Gasteiger partial charge in [0.25, 0.3) is 0 Å². The summed E-state index contributed by atoms with van der Waals surface area (Å²) in [7, 11) is 1.49. The molecule has 4 N–H and O–H groups in total. The van der Waals surface area contributed by atoms with Gasteiger partial charge in [-0.1, -0.05) is 43.7 Å². The van der Waals surface area contributed by atoms with Gasteiger partial charge < -0.3 is 15.7 Å². The Hall–Kier alpha value is -2.41. The fraction of sp³-hybridized carbons (Fsp3) is 0.438. The molecule has 0 radical (unpaired) electrons. The van der Waals surface area contributed by atoms with Gasteiger partial charge in [0.05, 0.1) is 6.54 Å². The average molecular weight is 321 g/mol. The topological polar surface area (TPSA) is 108 Å². The molecule has 7 nitrogen and oxygen atoms in total. The van der Waals surface area contributed by atoms with Crippen LogP contribution in [0.15, 0.2) is 30.3 Å². The van der Waals surface area contributed by atoms with Crippen LogP contribution < -0.4 is 16.0 Å². The second-order valence-electron chi connectivity index (χ2n) is 5.09. The van der Waals surface area contributed by atoms with E-state index in [0.717, 1.165) is 0 Å². The summed E-state index contributed by atoms with van der Waals surface area (Å²) in [4.78, 5) is 35.0. The first-order valence-corrected chi connectivity index (χ1v) is 7.51. The summed E-state index contributed by atoms with van der Waals surface area (Å²) in [6.45, 7) is 1.70. The van der Waals surface area contributed by atoms with Crippen molar-refractivity contribution >= 4 is 17.8 Å². The first-order valence-electron chi connectivity index (χ1n) is 7.51. The number of nitrogens with one attached hydrogen (secondary N) is 3. The molecule has 1 rings (SSSR count). The number of carboxylic acid groups (broad SMARTS) is 1. The van der Waals surface area contributed by atoms with E-state index in [2.05, 4.69) is 16.0 Å². The Morgan fingerprint density at radius 3 is 2.35 bits per heavy atom. The number of carbonyl (C=O) groups excluding carboxylic acids is 2. The van der Waals surface area contributed by atoms with Crippen molar-refractivity contribution in [2.45, 2.75) is 31.8 Å². The molecule has 0 aliphatic heterocycles. The van der Waals surface area contributed by atoms with Crippen molar-refractivity contribution in [1.82, 2.24) is 16.0 Å². The van der Waals surface area contributed by atoms with Gasteiger partial charge in [0.2, 0.25) is 11.8 Å². The van der Waals surface area contributed by atoms with E-state index in [4.69, 9.17) is 5.11 Å². The van der Waals surface area contributed by atoms with Crippen molar-refractivity contribution in [3.63, 3.8) is 0 Å². The Balaban J connectivity index is 2.67. The zero-order valence-corrected chi connectivity index (χ0v) is 13.3. The van der Waals surface area contributed by atoms with Gasteiger partial charge in [-0.05, 0) is 12.0 Å². The lowest BCUT2D eigenvalue weighted by molar-refractivity contribution is -0.139. The lowest BCUT2D eigenvalue weighted by Gasteiger charge is -2.19. The Morgan fingerprint density at radius 2 is 1.83 bits per heavy atom. The van der Waals surface area contributed by atoms with Crippen LogP contribution >= 0.6 is 0 Å². The highest BCUT2D eigenvalue weighted by molar-refractivity contribution is 5.89. The van der Waals surface area contributed by atoms with E-state index in [9.17, 15) is 14.4 Å². The first kappa shape index (κ1) is 18.6. The maximum absolute atomic E-state index is 12.0. The minimum absolute atomic E-state index is 0.169. The van der Waals surface area contributed by atoms with E-state index >= 15 is 0 Å². The molecule has 2 amide bonds. The fourth-order valence-electron chi connectivity index (χ4n) is 2.12. The minimum atomic E-state index is -0.995. The number of aliphatic carboxylic acids is 1. The Morgan fingerprint density at radius 1 is 1.17 bits per heavy atom. The Labute approximate surface area is 135 Å². The van der Waals surface area contributed by atoms with Gasteiger partial charge in [-0.3, -0.25) is 19.7 Å². The van der Waals surface area contributed by atoms with Crippen molar-refractivity contribution in [3.05, 3.63) is 35.9 Å². The van der Waals surface area contributed by atoms with Crippen LogP contribution in [-0.2, 0) is 14.4 Å². The summed E-state index contributed by atoms with van der Waals surface area (Å²) in [5.74, 6) is -1.77. The lowest BCUT2D eigenvalue weighted by atomic mass is 10.1. The normalized spacial score (nSPS) is 13.0. The molecule has 0 saturated heterocycles. The van der Waals surface area contributed by atoms with E-state index in [0.29, 0.717) is 18.4 Å².